The Morgan fingerprint density at radius 3 is 2.24 bits per heavy atom. The number of rotatable bonds is 6. The summed E-state index contributed by atoms with van der Waals surface area (Å²) in [5.41, 5.74) is 6.45. The first-order valence-electron chi connectivity index (χ1n) is 7.14. The average Bonchev–Trinajstić information content (AvgIpc) is 2.42. The fourth-order valence-electron chi connectivity index (χ4n) is 1.79. The van der Waals surface area contributed by atoms with Crippen LogP contribution in [0.1, 0.15) is 33.3 Å². The van der Waals surface area contributed by atoms with Crippen molar-refractivity contribution in [2.45, 2.75) is 33.1 Å². The van der Waals surface area contributed by atoms with Crippen LogP contribution in [0.3, 0.4) is 0 Å². The van der Waals surface area contributed by atoms with Gasteiger partial charge in [0.15, 0.2) is 0 Å². The minimum atomic E-state index is -0.716. The van der Waals surface area contributed by atoms with Crippen LogP contribution in [-0.2, 0) is 15.0 Å². The maximum atomic E-state index is 12.3. The molecule has 116 valence electrons. The van der Waals surface area contributed by atoms with Gasteiger partial charge in [0.2, 0.25) is 11.8 Å². The molecule has 0 heterocycles. The largest absolute Gasteiger partial charge is 0.399 e. The van der Waals surface area contributed by atoms with E-state index in [1.165, 1.54) is 0 Å². The van der Waals surface area contributed by atoms with Gasteiger partial charge in [0, 0.05) is 12.2 Å². The molecule has 0 saturated heterocycles. The van der Waals surface area contributed by atoms with E-state index in [2.05, 4.69) is 10.6 Å². The van der Waals surface area contributed by atoms with Crippen LogP contribution in [-0.4, -0.2) is 24.9 Å². The molecule has 4 N–H and O–H groups in total. The first-order chi connectivity index (χ1) is 9.73. The van der Waals surface area contributed by atoms with Crippen molar-refractivity contribution in [3.63, 3.8) is 0 Å². The second-order valence-electron chi connectivity index (χ2n) is 6.13. The van der Waals surface area contributed by atoms with Gasteiger partial charge >= 0.3 is 0 Å². The number of nitrogen functional groups attached to an aromatic ring is 1. The Hall–Kier alpha value is -2.04. The van der Waals surface area contributed by atoms with E-state index in [9.17, 15) is 9.59 Å². The van der Waals surface area contributed by atoms with Crippen LogP contribution in [0.4, 0.5) is 5.69 Å². The van der Waals surface area contributed by atoms with Gasteiger partial charge in [0.1, 0.15) is 0 Å². The smallest absolute Gasteiger partial charge is 0.239 e. The summed E-state index contributed by atoms with van der Waals surface area (Å²) in [5.74, 6) is 0.0213. The average molecular weight is 291 g/mol. The summed E-state index contributed by atoms with van der Waals surface area (Å²) in [7, 11) is 0. The minimum absolute atomic E-state index is 0.00996. The number of hydrogen-bond acceptors (Lipinski definition) is 3. The number of nitrogens with one attached hydrogen (secondary N) is 2. The van der Waals surface area contributed by atoms with E-state index < -0.39 is 5.41 Å². The molecule has 0 fully saturated rings. The third-order valence-electron chi connectivity index (χ3n) is 3.32. The van der Waals surface area contributed by atoms with E-state index in [-0.39, 0.29) is 18.4 Å². The summed E-state index contributed by atoms with van der Waals surface area (Å²) in [5, 5.41) is 5.44. The molecule has 0 spiro atoms. The van der Waals surface area contributed by atoms with Crippen LogP contribution >= 0.6 is 0 Å². The molecule has 1 rings (SSSR count). The lowest BCUT2D eigenvalue weighted by atomic mass is 9.83. The van der Waals surface area contributed by atoms with Gasteiger partial charge in [-0.05, 0) is 37.5 Å². The van der Waals surface area contributed by atoms with Crippen molar-refractivity contribution in [3.05, 3.63) is 29.8 Å². The van der Waals surface area contributed by atoms with Crippen molar-refractivity contribution in [1.82, 2.24) is 10.6 Å². The molecule has 5 heteroatoms. The molecule has 0 bridgehead atoms. The zero-order valence-corrected chi connectivity index (χ0v) is 13.2. The normalized spacial score (nSPS) is 11.3. The summed E-state index contributed by atoms with van der Waals surface area (Å²) >= 11 is 0. The van der Waals surface area contributed by atoms with E-state index in [0.29, 0.717) is 18.2 Å². The van der Waals surface area contributed by atoms with Gasteiger partial charge < -0.3 is 16.4 Å². The summed E-state index contributed by atoms with van der Waals surface area (Å²) in [6, 6.07) is 7.18. The minimum Gasteiger partial charge on any atom is -0.399 e. The fraction of sp³-hybridized carbons (Fsp3) is 0.500. The quantitative estimate of drug-likeness (QED) is 0.693. The highest BCUT2D eigenvalue weighted by Gasteiger charge is 2.29. The first-order valence-corrected chi connectivity index (χ1v) is 7.14. The maximum Gasteiger partial charge on any atom is 0.239 e. The molecule has 0 atom stereocenters. The molecule has 1 aromatic carbocycles. The third-order valence-corrected chi connectivity index (χ3v) is 3.32. The van der Waals surface area contributed by atoms with Crippen molar-refractivity contribution in [2.24, 2.45) is 5.92 Å². The lowest BCUT2D eigenvalue weighted by Gasteiger charge is -2.24. The summed E-state index contributed by atoms with van der Waals surface area (Å²) in [6.45, 7) is 8.27. The number of amides is 2. The van der Waals surface area contributed by atoms with E-state index in [1.807, 2.05) is 39.8 Å². The van der Waals surface area contributed by atoms with Crippen molar-refractivity contribution in [3.8, 4) is 0 Å². The van der Waals surface area contributed by atoms with Crippen molar-refractivity contribution >= 4 is 17.5 Å². The Balaban J connectivity index is 2.57. The second kappa shape index (κ2) is 7.11. The Kier molecular flexibility index (Phi) is 5.76. The summed E-state index contributed by atoms with van der Waals surface area (Å²) in [6.07, 6.45) is 0. The highest BCUT2D eigenvalue weighted by atomic mass is 16.2. The molecule has 5 nitrogen and oxygen atoms in total. The predicted octanol–water partition coefficient (Wildman–Crippen LogP) is 1.43. The molecule has 21 heavy (non-hydrogen) atoms. The number of hydrogen-bond donors (Lipinski definition) is 3. The molecule has 0 aliphatic heterocycles. The standard InChI is InChI=1S/C16H25N3O2/c1-11(2)9-18-14(20)10-19-15(21)16(3,4)12-5-7-13(17)8-6-12/h5-8,11H,9-10,17H2,1-4H3,(H,18,20)(H,19,21). The van der Waals surface area contributed by atoms with Crippen molar-refractivity contribution in [1.29, 1.82) is 0 Å². The molecule has 0 aliphatic rings. The topological polar surface area (TPSA) is 84.2 Å². The van der Waals surface area contributed by atoms with Crippen LogP contribution in [0.2, 0.25) is 0 Å². The van der Waals surface area contributed by atoms with Gasteiger partial charge in [-0.1, -0.05) is 26.0 Å². The van der Waals surface area contributed by atoms with Gasteiger partial charge in [-0.15, -0.1) is 0 Å². The monoisotopic (exact) mass is 291 g/mol. The van der Waals surface area contributed by atoms with E-state index in [0.717, 1.165) is 5.56 Å². The van der Waals surface area contributed by atoms with Crippen LogP contribution < -0.4 is 16.4 Å². The number of benzene rings is 1. The number of carbonyl (C=O) groups is 2. The molecule has 0 radical (unpaired) electrons. The van der Waals surface area contributed by atoms with Gasteiger partial charge in [0.25, 0.3) is 0 Å². The Labute approximate surface area is 126 Å². The van der Waals surface area contributed by atoms with Crippen molar-refractivity contribution in [2.75, 3.05) is 18.8 Å². The fourth-order valence-corrected chi connectivity index (χ4v) is 1.79. The Morgan fingerprint density at radius 2 is 1.71 bits per heavy atom. The third kappa shape index (κ3) is 5.10. The predicted molar refractivity (Wildman–Crippen MR) is 84.7 cm³/mol. The molecular weight excluding hydrogens is 266 g/mol. The SMILES string of the molecule is CC(C)CNC(=O)CNC(=O)C(C)(C)c1ccc(N)cc1. The van der Waals surface area contributed by atoms with Crippen LogP contribution in [0.5, 0.6) is 0 Å². The van der Waals surface area contributed by atoms with Gasteiger partial charge in [-0.2, -0.15) is 0 Å². The molecule has 2 amide bonds. The number of nitrogens with two attached hydrogens (primary N) is 1. The first kappa shape index (κ1) is 17.0. The number of anilines is 1. The number of carbonyl (C=O) groups excluding carboxylic acids is 2. The van der Waals surface area contributed by atoms with Gasteiger partial charge in [-0.3, -0.25) is 9.59 Å². The Bertz CT molecular complexity index is 493. The van der Waals surface area contributed by atoms with Crippen LogP contribution in [0.25, 0.3) is 0 Å². The molecule has 0 aromatic heterocycles. The molecule has 1 aromatic rings. The lowest BCUT2D eigenvalue weighted by molar-refractivity contribution is -0.129. The lowest BCUT2D eigenvalue weighted by Crippen LogP contribution is -2.45. The molecule has 0 aliphatic carbocycles. The van der Waals surface area contributed by atoms with Crippen LogP contribution in [0.15, 0.2) is 24.3 Å². The second-order valence-corrected chi connectivity index (χ2v) is 6.13. The van der Waals surface area contributed by atoms with E-state index in [1.54, 1.807) is 12.1 Å². The summed E-state index contributed by atoms with van der Waals surface area (Å²) in [4.78, 5) is 23.9. The highest BCUT2D eigenvalue weighted by Crippen LogP contribution is 2.24. The van der Waals surface area contributed by atoms with Gasteiger partial charge in [0.05, 0.1) is 12.0 Å². The van der Waals surface area contributed by atoms with E-state index >= 15 is 0 Å². The van der Waals surface area contributed by atoms with E-state index in [4.69, 9.17) is 5.73 Å². The highest BCUT2D eigenvalue weighted by molar-refractivity contribution is 5.91. The maximum absolute atomic E-state index is 12.3. The zero-order chi connectivity index (χ0) is 16.0. The molecular formula is C16H25N3O2. The van der Waals surface area contributed by atoms with Crippen molar-refractivity contribution < 1.29 is 9.59 Å². The van der Waals surface area contributed by atoms with Crippen LogP contribution in [0, 0.1) is 5.92 Å². The Morgan fingerprint density at radius 1 is 1.14 bits per heavy atom. The molecule has 0 saturated carbocycles. The molecule has 0 unspecified atom stereocenters. The van der Waals surface area contributed by atoms with Gasteiger partial charge in [-0.25, -0.2) is 0 Å². The summed E-state index contributed by atoms with van der Waals surface area (Å²) < 4.78 is 0. The zero-order valence-electron chi connectivity index (χ0n) is 13.2.